The molecule has 1 saturated heterocycles. The Balaban J connectivity index is 1.70. The van der Waals surface area contributed by atoms with E-state index in [-0.39, 0.29) is 11.4 Å². The zero-order chi connectivity index (χ0) is 16.3. The van der Waals surface area contributed by atoms with Gasteiger partial charge in [0.2, 0.25) is 10.0 Å². The summed E-state index contributed by atoms with van der Waals surface area (Å²) >= 11 is 0. The van der Waals surface area contributed by atoms with E-state index in [1.165, 1.54) is 0 Å². The van der Waals surface area contributed by atoms with Crippen LogP contribution in [0.4, 0.5) is 0 Å². The van der Waals surface area contributed by atoms with Crippen molar-refractivity contribution in [3.05, 3.63) is 42.5 Å². The van der Waals surface area contributed by atoms with Crippen LogP contribution in [0.1, 0.15) is 12.8 Å². The third-order valence-electron chi connectivity index (χ3n) is 4.22. The van der Waals surface area contributed by atoms with E-state index in [0.717, 1.165) is 31.3 Å². The number of likely N-dealkylation sites (tertiary alicyclic amines) is 1. The van der Waals surface area contributed by atoms with E-state index in [9.17, 15) is 13.5 Å². The molecule has 0 saturated carbocycles. The minimum atomic E-state index is -3.64. The van der Waals surface area contributed by atoms with Gasteiger partial charge >= 0.3 is 0 Å². The number of β-amino-alcohol motifs (C(OH)–C–C–N with tert-alkyl or cyclic N) is 1. The smallest absolute Gasteiger partial charge is 0.241 e. The number of sulfonamides is 1. The van der Waals surface area contributed by atoms with Crippen molar-refractivity contribution < 1.29 is 13.5 Å². The molecule has 3 rings (SSSR count). The number of aliphatic hydroxyl groups excluding tert-OH is 1. The Bertz CT molecular complexity index is 765. The third kappa shape index (κ3) is 3.90. The maximum atomic E-state index is 12.6. The molecule has 0 amide bonds. The normalized spacial score (nSPS) is 17.6. The first kappa shape index (κ1) is 16.4. The van der Waals surface area contributed by atoms with Crippen LogP contribution in [0.5, 0.6) is 0 Å². The van der Waals surface area contributed by atoms with E-state index in [4.69, 9.17) is 0 Å². The average molecular weight is 334 g/mol. The Morgan fingerprint density at radius 1 is 1.09 bits per heavy atom. The van der Waals surface area contributed by atoms with E-state index in [1.807, 2.05) is 24.3 Å². The molecule has 1 unspecified atom stereocenters. The van der Waals surface area contributed by atoms with Crippen molar-refractivity contribution in [1.82, 2.24) is 9.62 Å². The van der Waals surface area contributed by atoms with Crippen molar-refractivity contribution in [2.75, 3.05) is 26.2 Å². The van der Waals surface area contributed by atoms with Crippen LogP contribution in [0.3, 0.4) is 0 Å². The minimum Gasteiger partial charge on any atom is -0.390 e. The average Bonchev–Trinajstić information content (AvgIpc) is 3.05. The first-order valence-electron chi connectivity index (χ1n) is 7.94. The fraction of sp³-hybridized carbons (Fsp3) is 0.412. The fourth-order valence-electron chi connectivity index (χ4n) is 3.04. The summed E-state index contributed by atoms with van der Waals surface area (Å²) in [4.78, 5) is 2.42. The van der Waals surface area contributed by atoms with Gasteiger partial charge in [-0.15, -0.1) is 0 Å². The van der Waals surface area contributed by atoms with Crippen LogP contribution in [-0.2, 0) is 10.0 Å². The fourth-order valence-corrected chi connectivity index (χ4v) is 4.34. The maximum Gasteiger partial charge on any atom is 0.241 e. The van der Waals surface area contributed by atoms with Crippen LogP contribution in [0.15, 0.2) is 47.4 Å². The second kappa shape index (κ2) is 6.97. The lowest BCUT2D eigenvalue weighted by molar-refractivity contribution is 0.128. The Hall–Kier alpha value is -1.47. The lowest BCUT2D eigenvalue weighted by atomic mass is 10.1. The van der Waals surface area contributed by atoms with Crippen LogP contribution in [0.25, 0.3) is 10.8 Å². The first-order chi connectivity index (χ1) is 11.1. The molecule has 1 heterocycles. The summed E-state index contributed by atoms with van der Waals surface area (Å²) in [6.07, 6.45) is 1.60. The molecule has 0 aliphatic carbocycles. The molecule has 1 atom stereocenters. The number of aliphatic hydroxyl groups is 1. The maximum absolute atomic E-state index is 12.6. The number of hydrogen-bond donors (Lipinski definition) is 2. The Morgan fingerprint density at radius 3 is 2.57 bits per heavy atom. The van der Waals surface area contributed by atoms with Crippen molar-refractivity contribution in [2.45, 2.75) is 23.8 Å². The first-order valence-corrected chi connectivity index (χ1v) is 9.42. The summed E-state index contributed by atoms with van der Waals surface area (Å²) in [5, 5.41) is 11.6. The van der Waals surface area contributed by atoms with Gasteiger partial charge in [-0.05, 0) is 37.4 Å². The van der Waals surface area contributed by atoms with Crippen molar-refractivity contribution in [3.63, 3.8) is 0 Å². The van der Waals surface area contributed by atoms with Crippen LogP contribution >= 0.6 is 0 Å². The third-order valence-corrected chi connectivity index (χ3v) is 5.70. The molecule has 0 aromatic heterocycles. The molecule has 6 heteroatoms. The predicted molar refractivity (Wildman–Crippen MR) is 90.8 cm³/mol. The lowest BCUT2D eigenvalue weighted by Gasteiger charge is -2.19. The second-order valence-electron chi connectivity index (χ2n) is 5.99. The lowest BCUT2D eigenvalue weighted by Crippen LogP contribution is -2.39. The molecule has 2 aromatic rings. The summed E-state index contributed by atoms with van der Waals surface area (Å²) in [7, 11) is -3.64. The van der Waals surface area contributed by atoms with Gasteiger partial charge in [-0.3, -0.25) is 0 Å². The second-order valence-corrected chi connectivity index (χ2v) is 7.73. The molecule has 1 aliphatic rings. The molecule has 23 heavy (non-hydrogen) atoms. The van der Waals surface area contributed by atoms with Crippen LogP contribution in [0, 0.1) is 0 Å². The Morgan fingerprint density at radius 2 is 1.78 bits per heavy atom. The molecule has 2 N–H and O–H groups in total. The number of rotatable bonds is 6. The molecule has 0 bridgehead atoms. The molecular formula is C17H22N2O3S. The highest BCUT2D eigenvalue weighted by atomic mass is 32.2. The van der Waals surface area contributed by atoms with Crippen molar-refractivity contribution in [2.24, 2.45) is 0 Å². The predicted octanol–water partition coefficient (Wildman–Crippen LogP) is 1.57. The summed E-state index contributed by atoms with van der Waals surface area (Å²) < 4.78 is 27.6. The topological polar surface area (TPSA) is 69.6 Å². The highest BCUT2D eigenvalue weighted by Gasteiger charge is 2.20. The molecule has 1 aliphatic heterocycles. The largest absolute Gasteiger partial charge is 0.390 e. The van der Waals surface area contributed by atoms with Crippen molar-refractivity contribution in [3.8, 4) is 0 Å². The number of fused-ring (bicyclic) bond motifs is 1. The van der Waals surface area contributed by atoms with E-state index in [1.54, 1.807) is 18.2 Å². The number of hydrogen-bond acceptors (Lipinski definition) is 4. The minimum absolute atomic E-state index is 0.0298. The molecule has 5 nitrogen and oxygen atoms in total. The number of benzene rings is 2. The summed E-state index contributed by atoms with van der Waals surface area (Å²) in [5.41, 5.74) is 0. The zero-order valence-electron chi connectivity index (χ0n) is 13.0. The highest BCUT2D eigenvalue weighted by Crippen LogP contribution is 2.22. The van der Waals surface area contributed by atoms with Gasteiger partial charge in [-0.25, -0.2) is 13.1 Å². The van der Waals surface area contributed by atoms with Gasteiger partial charge in [0, 0.05) is 18.5 Å². The Kier molecular flexibility index (Phi) is 4.96. The van der Waals surface area contributed by atoms with Gasteiger partial charge in [-0.2, -0.15) is 0 Å². The van der Waals surface area contributed by atoms with E-state index >= 15 is 0 Å². The number of nitrogens with zero attached hydrogens (tertiary/aromatic N) is 1. The van der Waals surface area contributed by atoms with Crippen LogP contribution < -0.4 is 4.72 Å². The van der Waals surface area contributed by atoms with E-state index in [2.05, 4.69) is 9.62 Å². The SMILES string of the molecule is O=S(=O)(NCC(O)CN1CCCC1)c1cccc2ccccc12. The van der Waals surface area contributed by atoms with Crippen molar-refractivity contribution in [1.29, 1.82) is 0 Å². The number of nitrogens with one attached hydrogen (secondary N) is 1. The molecular weight excluding hydrogens is 312 g/mol. The summed E-state index contributed by atoms with van der Waals surface area (Å²) in [6.45, 7) is 2.50. The molecule has 2 aromatic carbocycles. The van der Waals surface area contributed by atoms with Gasteiger partial charge in [0.15, 0.2) is 0 Å². The quantitative estimate of drug-likeness (QED) is 0.841. The zero-order valence-corrected chi connectivity index (χ0v) is 13.8. The van der Waals surface area contributed by atoms with Crippen LogP contribution in [-0.4, -0.2) is 50.7 Å². The van der Waals surface area contributed by atoms with Crippen molar-refractivity contribution >= 4 is 20.8 Å². The van der Waals surface area contributed by atoms with Crippen LogP contribution in [0.2, 0.25) is 0 Å². The summed E-state index contributed by atoms with van der Waals surface area (Å²) in [6, 6.07) is 12.6. The van der Waals surface area contributed by atoms with Gasteiger partial charge < -0.3 is 10.0 Å². The van der Waals surface area contributed by atoms with E-state index in [0.29, 0.717) is 11.9 Å². The Labute approximate surface area is 137 Å². The standard InChI is InChI=1S/C17H22N2O3S/c20-15(13-19-10-3-4-11-19)12-18-23(21,22)17-9-5-7-14-6-1-2-8-16(14)17/h1-2,5-9,15,18,20H,3-4,10-13H2. The van der Waals surface area contributed by atoms with E-state index < -0.39 is 16.1 Å². The summed E-state index contributed by atoms with van der Waals surface area (Å²) in [5.74, 6) is 0. The van der Waals surface area contributed by atoms with Gasteiger partial charge in [-0.1, -0.05) is 36.4 Å². The molecule has 1 fully saturated rings. The monoisotopic (exact) mass is 334 g/mol. The van der Waals surface area contributed by atoms with Gasteiger partial charge in [0.1, 0.15) is 0 Å². The van der Waals surface area contributed by atoms with Gasteiger partial charge in [0.25, 0.3) is 0 Å². The van der Waals surface area contributed by atoms with Gasteiger partial charge in [0.05, 0.1) is 11.0 Å². The molecule has 124 valence electrons. The molecule has 0 spiro atoms. The highest BCUT2D eigenvalue weighted by molar-refractivity contribution is 7.89. The molecule has 0 radical (unpaired) electrons.